The molecule has 0 aliphatic carbocycles. The molecule has 0 amide bonds. The van der Waals surface area contributed by atoms with Crippen LogP contribution in [0, 0.1) is 0 Å². The fourth-order valence-electron chi connectivity index (χ4n) is 0.942. The average molecular weight is 198 g/mol. The highest BCUT2D eigenvalue weighted by Crippen LogP contribution is 2.18. The van der Waals surface area contributed by atoms with Crippen LogP contribution in [0.3, 0.4) is 0 Å². The first kappa shape index (κ1) is 9.15. The molecule has 0 spiro atoms. The van der Waals surface area contributed by atoms with E-state index in [4.69, 9.17) is 0 Å². The summed E-state index contributed by atoms with van der Waals surface area (Å²) in [6, 6.07) is 0. The van der Waals surface area contributed by atoms with E-state index < -0.39 is 26.4 Å². The van der Waals surface area contributed by atoms with Crippen LogP contribution in [0.4, 0.5) is 0 Å². The Morgan fingerprint density at radius 2 is 2.18 bits per heavy atom. The van der Waals surface area contributed by atoms with Crippen LogP contribution in [-0.2, 0) is 25.1 Å². The van der Waals surface area contributed by atoms with Gasteiger partial charge in [0, 0.05) is 5.75 Å². The van der Waals surface area contributed by atoms with Crippen molar-refractivity contribution in [2.45, 2.75) is 18.3 Å². The molecule has 2 unspecified atom stereocenters. The van der Waals surface area contributed by atoms with Crippen molar-refractivity contribution in [3.05, 3.63) is 0 Å². The molecule has 6 heteroatoms. The Morgan fingerprint density at radius 3 is 2.55 bits per heavy atom. The number of hydrogen-bond donors (Lipinski definition) is 0. The van der Waals surface area contributed by atoms with Gasteiger partial charge in [-0.15, -0.1) is 0 Å². The highest BCUT2D eigenvalue weighted by atomic mass is 32.2. The molecule has 0 bridgehead atoms. The molecule has 0 aromatic carbocycles. The van der Waals surface area contributed by atoms with E-state index in [1.54, 1.807) is 0 Å². The van der Waals surface area contributed by atoms with Crippen LogP contribution < -0.4 is 0 Å². The maximum atomic E-state index is 11.0. The fraction of sp³-hybridized carbons (Fsp3) is 1.00. The van der Waals surface area contributed by atoms with E-state index in [1.807, 2.05) is 0 Å². The molecule has 1 saturated heterocycles. The maximum absolute atomic E-state index is 11.0. The van der Waals surface area contributed by atoms with Gasteiger partial charge in [0.1, 0.15) is 0 Å². The molecule has 1 fully saturated rings. The van der Waals surface area contributed by atoms with E-state index in [0.29, 0.717) is 12.2 Å². The van der Waals surface area contributed by atoms with Crippen LogP contribution in [0.15, 0.2) is 0 Å². The molecule has 1 aliphatic heterocycles. The first-order valence-electron chi connectivity index (χ1n) is 3.24. The summed E-state index contributed by atoms with van der Waals surface area (Å²) in [7, 11) is -4.54. The topological polar surface area (TPSA) is 60.4 Å². The van der Waals surface area contributed by atoms with E-state index in [1.165, 1.54) is 0 Å². The van der Waals surface area contributed by atoms with Gasteiger partial charge in [-0.05, 0) is 12.8 Å². The van der Waals surface area contributed by atoms with Crippen LogP contribution in [0.2, 0.25) is 0 Å². The molecule has 0 saturated carbocycles. The minimum absolute atomic E-state index is 0.556. The van der Waals surface area contributed by atoms with Gasteiger partial charge < -0.3 is 0 Å². The maximum Gasteiger partial charge on any atom is 0.265 e. The number of hydrogen-bond acceptors (Lipinski definition) is 4. The van der Waals surface area contributed by atoms with Gasteiger partial charge in [0.05, 0.1) is 17.1 Å². The average Bonchev–Trinajstić information content (AvgIpc) is 2.12. The Balaban J connectivity index is 2.57. The lowest BCUT2D eigenvalue weighted by atomic mass is 10.4. The summed E-state index contributed by atoms with van der Waals surface area (Å²) < 4.78 is 36.7. The lowest BCUT2D eigenvalue weighted by Crippen LogP contribution is -2.18. The molecule has 66 valence electrons. The van der Waals surface area contributed by atoms with Crippen LogP contribution in [0.1, 0.15) is 12.8 Å². The SMILES string of the molecule is CS(=O)(=O)OC1CCCS1=O. The second-order valence-corrected chi connectivity index (χ2v) is 5.75. The summed E-state index contributed by atoms with van der Waals surface area (Å²) in [4.78, 5) is 0. The first-order chi connectivity index (χ1) is 4.99. The Kier molecular flexibility index (Phi) is 2.66. The van der Waals surface area contributed by atoms with Gasteiger partial charge in [0.25, 0.3) is 10.1 Å². The molecule has 1 rings (SSSR count). The van der Waals surface area contributed by atoms with E-state index >= 15 is 0 Å². The monoisotopic (exact) mass is 198 g/mol. The Hall–Kier alpha value is 0.0600. The van der Waals surface area contributed by atoms with Crippen molar-refractivity contribution in [3.63, 3.8) is 0 Å². The second-order valence-electron chi connectivity index (χ2n) is 2.46. The van der Waals surface area contributed by atoms with Crippen molar-refractivity contribution >= 4 is 20.9 Å². The summed E-state index contributed by atoms with van der Waals surface area (Å²) in [6.07, 6.45) is 2.34. The van der Waals surface area contributed by atoms with Crippen molar-refractivity contribution in [1.82, 2.24) is 0 Å². The van der Waals surface area contributed by atoms with E-state index in [9.17, 15) is 12.6 Å². The summed E-state index contributed by atoms with van der Waals surface area (Å²) >= 11 is 0. The largest absolute Gasteiger partial charge is 0.265 e. The van der Waals surface area contributed by atoms with Crippen LogP contribution >= 0.6 is 0 Å². The number of rotatable bonds is 2. The predicted octanol–water partition coefficient (Wildman–Crippen LogP) is -0.169. The zero-order chi connectivity index (χ0) is 8.48. The van der Waals surface area contributed by atoms with Gasteiger partial charge in [0.2, 0.25) is 0 Å². The Bertz CT molecular complexity index is 256. The summed E-state index contributed by atoms with van der Waals surface area (Å²) in [5.41, 5.74) is -0.593. The summed E-state index contributed by atoms with van der Waals surface area (Å²) in [6.45, 7) is 0. The van der Waals surface area contributed by atoms with Gasteiger partial charge in [-0.3, -0.25) is 8.39 Å². The molecule has 4 nitrogen and oxygen atoms in total. The third-order valence-corrected chi connectivity index (χ3v) is 3.67. The van der Waals surface area contributed by atoms with Crippen LogP contribution in [0.5, 0.6) is 0 Å². The normalized spacial score (nSPS) is 32.5. The predicted molar refractivity (Wildman–Crippen MR) is 42.0 cm³/mol. The van der Waals surface area contributed by atoms with E-state index in [0.717, 1.165) is 12.7 Å². The smallest absolute Gasteiger partial charge is 0.257 e. The first-order valence-corrected chi connectivity index (χ1v) is 6.44. The third-order valence-electron chi connectivity index (χ3n) is 1.36. The Labute approximate surface area is 68.5 Å². The third kappa shape index (κ3) is 2.88. The van der Waals surface area contributed by atoms with Gasteiger partial charge >= 0.3 is 0 Å². The van der Waals surface area contributed by atoms with Crippen LogP contribution in [-0.4, -0.2) is 30.1 Å². The van der Waals surface area contributed by atoms with Crippen molar-refractivity contribution in [2.24, 2.45) is 0 Å². The lowest BCUT2D eigenvalue weighted by molar-refractivity contribution is 0.286. The summed E-state index contributed by atoms with van der Waals surface area (Å²) in [5.74, 6) is 0.556. The highest BCUT2D eigenvalue weighted by molar-refractivity contribution is 7.88. The zero-order valence-electron chi connectivity index (χ0n) is 6.15. The lowest BCUT2D eigenvalue weighted by Gasteiger charge is -2.06. The van der Waals surface area contributed by atoms with Crippen molar-refractivity contribution < 1.29 is 16.8 Å². The van der Waals surface area contributed by atoms with Crippen molar-refractivity contribution in [1.29, 1.82) is 0 Å². The van der Waals surface area contributed by atoms with Gasteiger partial charge in [-0.2, -0.15) is 8.42 Å². The molecule has 2 atom stereocenters. The minimum Gasteiger partial charge on any atom is -0.257 e. The van der Waals surface area contributed by atoms with Gasteiger partial charge in [0.15, 0.2) is 5.44 Å². The molecule has 0 radical (unpaired) electrons. The molecule has 1 aliphatic rings. The molecule has 0 aromatic heterocycles. The molecule has 0 N–H and O–H groups in total. The molecular weight excluding hydrogens is 188 g/mol. The quantitative estimate of drug-likeness (QED) is 0.578. The highest BCUT2D eigenvalue weighted by Gasteiger charge is 2.26. The molecule has 0 aromatic rings. The summed E-state index contributed by atoms with van der Waals surface area (Å²) in [5, 5.41) is 0. The fourth-order valence-corrected chi connectivity index (χ4v) is 3.35. The molecule has 1 heterocycles. The van der Waals surface area contributed by atoms with E-state index in [2.05, 4.69) is 4.18 Å². The second kappa shape index (κ2) is 3.20. The van der Waals surface area contributed by atoms with Crippen molar-refractivity contribution in [3.8, 4) is 0 Å². The van der Waals surface area contributed by atoms with Gasteiger partial charge in [-0.25, -0.2) is 0 Å². The standard InChI is InChI=1S/C5H10O4S2/c1-11(7,8)9-5-3-2-4-10(5)6/h5H,2-4H2,1H3. The molecule has 11 heavy (non-hydrogen) atoms. The van der Waals surface area contributed by atoms with Gasteiger partial charge in [-0.1, -0.05) is 0 Å². The Morgan fingerprint density at radius 1 is 1.55 bits per heavy atom. The van der Waals surface area contributed by atoms with E-state index in [-0.39, 0.29) is 0 Å². The minimum atomic E-state index is -3.43. The van der Waals surface area contributed by atoms with Crippen molar-refractivity contribution in [2.75, 3.05) is 12.0 Å². The van der Waals surface area contributed by atoms with Crippen LogP contribution in [0.25, 0.3) is 0 Å². The zero-order valence-corrected chi connectivity index (χ0v) is 7.78. The molecular formula is C5H10O4S2.